The number of H-pyrrole nitrogens is 1. The average Bonchev–Trinajstić information content (AvgIpc) is 3.07. The summed E-state index contributed by atoms with van der Waals surface area (Å²) in [5.41, 5.74) is 1.58. The first-order valence-corrected chi connectivity index (χ1v) is 7.36. The van der Waals surface area contributed by atoms with Crippen LogP contribution in [0.2, 0.25) is 0 Å². The van der Waals surface area contributed by atoms with Crippen molar-refractivity contribution in [3.63, 3.8) is 0 Å². The van der Waals surface area contributed by atoms with Gasteiger partial charge in [-0.05, 0) is 31.5 Å². The first kappa shape index (κ1) is 13.8. The van der Waals surface area contributed by atoms with Crippen molar-refractivity contribution in [2.24, 2.45) is 0 Å². The molecule has 0 spiro atoms. The molecule has 1 amide bonds. The molecule has 0 saturated carbocycles. The molecule has 6 heteroatoms. The molecule has 1 atom stereocenters. The van der Waals surface area contributed by atoms with Crippen molar-refractivity contribution in [3.05, 3.63) is 52.4 Å². The van der Waals surface area contributed by atoms with Crippen LogP contribution in [-0.2, 0) is 0 Å². The lowest BCUT2D eigenvalue weighted by Crippen LogP contribution is -2.26. The highest BCUT2D eigenvalue weighted by Gasteiger charge is 2.19. The minimum atomic E-state index is -0.289. The zero-order valence-electron chi connectivity index (χ0n) is 11.6. The van der Waals surface area contributed by atoms with Gasteiger partial charge in [-0.25, -0.2) is 4.39 Å². The molecule has 0 saturated heterocycles. The summed E-state index contributed by atoms with van der Waals surface area (Å²) in [7, 11) is 0. The van der Waals surface area contributed by atoms with Crippen molar-refractivity contribution >= 4 is 27.3 Å². The SMILES string of the molecule is Cc1c(C(=O)NC(C)c2cn[nH]c2)sc2cccc(F)c12. The van der Waals surface area contributed by atoms with Crippen molar-refractivity contribution < 1.29 is 9.18 Å². The summed E-state index contributed by atoms with van der Waals surface area (Å²) in [5, 5.41) is 10.0. The van der Waals surface area contributed by atoms with Crippen LogP contribution >= 0.6 is 11.3 Å². The van der Waals surface area contributed by atoms with Crippen LogP contribution in [0.5, 0.6) is 0 Å². The van der Waals surface area contributed by atoms with Gasteiger partial charge in [-0.3, -0.25) is 9.89 Å². The Bertz CT molecular complexity index is 795. The van der Waals surface area contributed by atoms with Crippen molar-refractivity contribution in [1.82, 2.24) is 15.5 Å². The average molecular weight is 303 g/mol. The molecule has 0 fully saturated rings. The Labute approximate surface area is 125 Å². The zero-order valence-corrected chi connectivity index (χ0v) is 12.4. The third kappa shape index (κ3) is 2.42. The van der Waals surface area contributed by atoms with Gasteiger partial charge in [0, 0.05) is 21.8 Å². The van der Waals surface area contributed by atoms with Crippen LogP contribution in [0, 0.1) is 12.7 Å². The van der Waals surface area contributed by atoms with Gasteiger partial charge in [0.1, 0.15) is 5.82 Å². The summed E-state index contributed by atoms with van der Waals surface area (Å²) < 4.78 is 14.7. The fraction of sp³-hybridized carbons (Fsp3) is 0.200. The van der Waals surface area contributed by atoms with E-state index >= 15 is 0 Å². The lowest BCUT2D eigenvalue weighted by molar-refractivity contribution is 0.0943. The van der Waals surface area contributed by atoms with E-state index in [0.29, 0.717) is 15.8 Å². The van der Waals surface area contributed by atoms with E-state index < -0.39 is 0 Å². The highest BCUT2D eigenvalue weighted by atomic mass is 32.1. The summed E-state index contributed by atoms with van der Waals surface area (Å²) in [6.07, 6.45) is 3.41. The minimum absolute atomic E-state index is 0.161. The van der Waals surface area contributed by atoms with Crippen molar-refractivity contribution in [2.75, 3.05) is 0 Å². The number of nitrogens with zero attached hydrogens (tertiary/aromatic N) is 1. The van der Waals surface area contributed by atoms with Gasteiger partial charge in [-0.2, -0.15) is 5.10 Å². The highest BCUT2D eigenvalue weighted by Crippen LogP contribution is 2.32. The number of hydrogen-bond acceptors (Lipinski definition) is 3. The number of aryl methyl sites for hydroxylation is 1. The van der Waals surface area contributed by atoms with Gasteiger partial charge in [-0.1, -0.05) is 6.07 Å². The van der Waals surface area contributed by atoms with Gasteiger partial charge in [0.25, 0.3) is 5.91 Å². The van der Waals surface area contributed by atoms with Crippen molar-refractivity contribution in [3.8, 4) is 0 Å². The molecular weight excluding hydrogens is 289 g/mol. The Morgan fingerprint density at radius 3 is 2.95 bits per heavy atom. The standard InChI is InChI=1S/C15H14FN3OS/c1-8-13-11(16)4-3-5-12(13)21-14(8)15(20)19-9(2)10-6-17-18-7-10/h3-7,9H,1-2H3,(H,17,18)(H,19,20). The van der Waals surface area contributed by atoms with Gasteiger partial charge in [0.15, 0.2) is 0 Å². The molecule has 3 aromatic rings. The first-order valence-electron chi connectivity index (χ1n) is 6.55. The monoisotopic (exact) mass is 303 g/mol. The number of hydrogen-bond donors (Lipinski definition) is 2. The third-order valence-corrected chi connectivity index (χ3v) is 4.73. The molecule has 2 N–H and O–H groups in total. The molecule has 2 heterocycles. The molecule has 0 radical (unpaired) electrons. The molecule has 108 valence electrons. The van der Waals surface area contributed by atoms with E-state index in [4.69, 9.17) is 0 Å². The molecule has 1 aromatic carbocycles. The molecule has 1 unspecified atom stereocenters. The summed E-state index contributed by atoms with van der Waals surface area (Å²) in [4.78, 5) is 12.9. The maximum absolute atomic E-state index is 13.9. The molecule has 0 bridgehead atoms. The van der Waals surface area contributed by atoms with Gasteiger partial charge in [-0.15, -0.1) is 11.3 Å². The van der Waals surface area contributed by atoms with Gasteiger partial charge in [0.05, 0.1) is 17.1 Å². The molecule has 4 nitrogen and oxygen atoms in total. The van der Waals surface area contributed by atoms with E-state index in [-0.39, 0.29) is 17.8 Å². The largest absolute Gasteiger partial charge is 0.345 e. The van der Waals surface area contributed by atoms with E-state index in [0.717, 1.165) is 10.3 Å². The van der Waals surface area contributed by atoms with Crippen LogP contribution in [0.3, 0.4) is 0 Å². The van der Waals surface area contributed by atoms with E-state index in [1.54, 1.807) is 25.4 Å². The van der Waals surface area contributed by atoms with E-state index in [9.17, 15) is 9.18 Å². The number of halogens is 1. The topological polar surface area (TPSA) is 57.8 Å². The molecule has 3 rings (SSSR count). The van der Waals surface area contributed by atoms with E-state index in [1.165, 1.54) is 17.4 Å². The van der Waals surface area contributed by atoms with Gasteiger partial charge < -0.3 is 5.32 Å². The number of amides is 1. The predicted octanol–water partition coefficient (Wildman–Crippen LogP) is 3.56. The Balaban J connectivity index is 1.92. The normalized spacial score (nSPS) is 12.5. The lowest BCUT2D eigenvalue weighted by atomic mass is 10.1. The Morgan fingerprint density at radius 1 is 1.48 bits per heavy atom. The summed E-state index contributed by atoms with van der Waals surface area (Å²) in [6, 6.07) is 4.74. The molecule has 0 aliphatic heterocycles. The number of benzene rings is 1. The fourth-order valence-corrected chi connectivity index (χ4v) is 3.44. The predicted molar refractivity (Wildman–Crippen MR) is 81.0 cm³/mol. The number of thiophene rings is 1. The second-order valence-electron chi connectivity index (χ2n) is 4.90. The van der Waals surface area contributed by atoms with E-state index in [2.05, 4.69) is 15.5 Å². The second kappa shape index (κ2) is 5.29. The van der Waals surface area contributed by atoms with Gasteiger partial charge in [0.2, 0.25) is 0 Å². The Kier molecular flexibility index (Phi) is 3.47. The van der Waals surface area contributed by atoms with Crippen LogP contribution in [0.25, 0.3) is 10.1 Å². The van der Waals surface area contributed by atoms with Crippen LogP contribution in [0.4, 0.5) is 4.39 Å². The van der Waals surface area contributed by atoms with Crippen LogP contribution < -0.4 is 5.32 Å². The van der Waals surface area contributed by atoms with E-state index in [1.807, 2.05) is 13.0 Å². The number of rotatable bonds is 3. The smallest absolute Gasteiger partial charge is 0.262 e. The molecular formula is C15H14FN3OS. The Morgan fingerprint density at radius 2 is 2.29 bits per heavy atom. The summed E-state index contributed by atoms with van der Waals surface area (Å²) >= 11 is 1.31. The maximum Gasteiger partial charge on any atom is 0.262 e. The quantitative estimate of drug-likeness (QED) is 0.777. The number of aromatic nitrogens is 2. The summed E-state index contributed by atoms with van der Waals surface area (Å²) in [6.45, 7) is 3.66. The number of fused-ring (bicyclic) bond motifs is 1. The van der Waals surface area contributed by atoms with Gasteiger partial charge >= 0.3 is 0 Å². The second-order valence-corrected chi connectivity index (χ2v) is 5.95. The molecule has 2 aromatic heterocycles. The minimum Gasteiger partial charge on any atom is -0.345 e. The zero-order chi connectivity index (χ0) is 15.0. The number of aromatic amines is 1. The molecule has 21 heavy (non-hydrogen) atoms. The number of carbonyl (C=O) groups is 1. The fourth-order valence-electron chi connectivity index (χ4n) is 2.31. The van der Waals surface area contributed by atoms with Crippen LogP contribution in [0.15, 0.2) is 30.6 Å². The first-order chi connectivity index (χ1) is 10.1. The van der Waals surface area contributed by atoms with Crippen LogP contribution in [0.1, 0.15) is 33.8 Å². The third-order valence-electron chi connectivity index (χ3n) is 3.48. The van der Waals surface area contributed by atoms with Crippen molar-refractivity contribution in [1.29, 1.82) is 0 Å². The number of carbonyl (C=O) groups excluding carboxylic acids is 1. The molecule has 0 aliphatic rings. The maximum atomic E-state index is 13.9. The van der Waals surface area contributed by atoms with Crippen molar-refractivity contribution in [2.45, 2.75) is 19.9 Å². The summed E-state index contributed by atoms with van der Waals surface area (Å²) in [5.74, 6) is -0.481. The number of nitrogens with one attached hydrogen (secondary N) is 2. The Hall–Kier alpha value is -2.21. The highest BCUT2D eigenvalue weighted by molar-refractivity contribution is 7.21. The lowest BCUT2D eigenvalue weighted by Gasteiger charge is -2.11. The molecule has 0 aliphatic carbocycles. The van der Waals surface area contributed by atoms with Crippen LogP contribution in [-0.4, -0.2) is 16.1 Å².